The molecule has 3 aliphatic heterocycles. The number of sulfonamides is 1. The minimum Gasteiger partial charge on any atom is -0.304 e. The molecule has 0 aromatic heterocycles. The fourth-order valence-electron chi connectivity index (χ4n) is 4.83. The molecule has 0 radical (unpaired) electrons. The van der Waals surface area contributed by atoms with Crippen LogP contribution in [0.15, 0.2) is 11.8 Å². The van der Waals surface area contributed by atoms with Crippen LogP contribution in [0.25, 0.3) is 0 Å². The van der Waals surface area contributed by atoms with E-state index in [1.54, 1.807) is 6.08 Å². The smallest absolute Gasteiger partial charge is 0.256 e. The molecule has 3 heterocycles. The molecule has 2 unspecified atom stereocenters. The van der Waals surface area contributed by atoms with Crippen molar-refractivity contribution in [3.8, 4) is 0 Å². The highest BCUT2D eigenvalue weighted by atomic mass is 32.2. The molecule has 1 N–H and O–H groups in total. The molecule has 2 saturated heterocycles. The van der Waals surface area contributed by atoms with Crippen LogP contribution in [0.1, 0.15) is 34.6 Å². The Bertz CT molecular complexity index is 790. The van der Waals surface area contributed by atoms with E-state index < -0.39 is 27.4 Å². The van der Waals surface area contributed by atoms with Gasteiger partial charge in [-0.15, -0.1) is 0 Å². The van der Waals surface area contributed by atoms with E-state index in [1.165, 1.54) is 0 Å². The highest BCUT2D eigenvalue weighted by Crippen LogP contribution is 2.49. The molecular weight excluding hydrogens is 366 g/mol. The number of fused-ring (bicyclic) bond motifs is 1. The van der Waals surface area contributed by atoms with Gasteiger partial charge in [0.2, 0.25) is 10.0 Å². The van der Waals surface area contributed by atoms with Crippen molar-refractivity contribution in [1.82, 2.24) is 14.5 Å². The van der Waals surface area contributed by atoms with Gasteiger partial charge in [0.1, 0.15) is 5.41 Å². The number of Topliss-reactive ketones (excluding diaryl/α,β-unsaturated/α-hetero) is 1. The molecule has 0 aromatic rings. The van der Waals surface area contributed by atoms with Crippen LogP contribution in [0, 0.1) is 22.7 Å². The van der Waals surface area contributed by atoms with Gasteiger partial charge in [-0.2, -0.15) is 0 Å². The van der Waals surface area contributed by atoms with Crippen LogP contribution in [0.5, 0.6) is 0 Å². The highest BCUT2D eigenvalue weighted by molar-refractivity contribution is 7.89. The van der Waals surface area contributed by atoms with E-state index in [9.17, 15) is 18.0 Å². The number of carbonyl (C=O) groups is 2. The third-order valence-electron chi connectivity index (χ3n) is 5.83. The normalized spacial score (nSPS) is 29.9. The molecule has 3 aliphatic rings. The fourth-order valence-corrected chi connectivity index (χ4v) is 5.85. The lowest BCUT2D eigenvalue weighted by molar-refractivity contribution is -0.152. The molecule has 0 spiro atoms. The third-order valence-corrected chi connectivity index (χ3v) is 6.87. The molecular formula is C19H31N3O4S. The Balaban J connectivity index is 1.92. The zero-order chi connectivity index (χ0) is 20.4. The maximum Gasteiger partial charge on any atom is 0.256 e. The second-order valence-electron chi connectivity index (χ2n) is 9.64. The second kappa shape index (κ2) is 6.39. The van der Waals surface area contributed by atoms with Gasteiger partial charge in [0.05, 0.1) is 18.0 Å². The van der Waals surface area contributed by atoms with Gasteiger partial charge in [-0.3, -0.25) is 9.59 Å². The SMILES string of the molecule is CC(C)C1(C(=O)C2CN(CC(C)(C)C)C2)C(=O)N(S(C)(=O)=O)C2=CCNC21. The summed E-state index contributed by atoms with van der Waals surface area (Å²) < 4.78 is 25.5. The van der Waals surface area contributed by atoms with E-state index >= 15 is 0 Å². The molecule has 0 aromatic carbocycles. The quantitative estimate of drug-likeness (QED) is 0.692. The van der Waals surface area contributed by atoms with Crippen LogP contribution >= 0.6 is 0 Å². The Labute approximate surface area is 162 Å². The first kappa shape index (κ1) is 20.5. The maximum atomic E-state index is 13.6. The van der Waals surface area contributed by atoms with Gasteiger partial charge >= 0.3 is 0 Å². The van der Waals surface area contributed by atoms with Crippen LogP contribution in [-0.4, -0.2) is 67.8 Å². The van der Waals surface area contributed by atoms with Gasteiger partial charge in [-0.1, -0.05) is 34.6 Å². The van der Waals surface area contributed by atoms with Gasteiger partial charge in [0.25, 0.3) is 5.91 Å². The Kier molecular flexibility index (Phi) is 4.85. The summed E-state index contributed by atoms with van der Waals surface area (Å²) >= 11 is 0. The number of rotatable bonds is 5. The number of ketones is 1. The van der Waals surface area contributed by atoms with E-state index in [0.717, 1.165) is 17.1 Å². The number of hydrogen-bond donors (Lipinski definition) is 1. The summed E-state index contributed by atoms with van der Waals surface area (Å²) in [6.07, 6.45) is 2.74. The van der Waals surface area contributed by atoms with E-state index in [4.69, 9.17) is 0 Å². The maximum absolute atomic E-state index is 13.6. The van der Waals surface area contributed by atoms with Gasteiger partial charge in [0.15, 0.2) is 5.78 Å². The molecule has 0 bridgehead atoms. The standard InChI is InChI=1S/C19H31N3O4S/c1-12(2)19(16(23)13-9-21(10-13)11-18(3,4)5)15-14(7-8-20-15)22(17(19)24)27(6,25)26/h7,12-13,15,20H,8-11H2,1-6H3. The number of nitrogens with one attached hydrogen (secondary N) is 1. The lowest BCUT2D eigenvalue weighted by Gasteiger charge is -2.46. The first-order valence-electron chi connectivity index (χ1n) is 9.55. The Morgan fingerprint density at radius 3 is 2.41 bits per heavy atom. The topological polar surface area (TPSA) is 86.8 Å². The molecule has 0 saturated carbocycles. The van der Waals surface area contributed by atoms with Gasteiger partial charge < -0.3 is 10.2 Å². The molecule has 8 heteroatoms. The highest BCUT2D eigenvalue weighted by Gasteiger charge is 2.67. The summed E-state index contributed by atoms with van der Waals surface area (Å²) in [5, 5.41) is 3.20. The monoisotopic (exact) mass is 397 g/mol. The van der Waals surface area contributed by atoms with Crippen molar-refractivity contribution in [2.75, 3.05) is 32.4 Å². The van der Waals surface area contributed by atoms with E-state index in [-0.39, 0.29) is 23.0 Å². The lowest BCUT2D eigenvalue weighted by atomic mass is 9.65. The summed E-state index contributed by atoms with van der Waals surface area (Å²) in [6, 6.07) is -0.566. The summed E-state index contributed by atoms with van der Waals surface area (Å²) in [5.41, 5.74) is -0.803. The Hall–Kier alpha value is -1.25. The van der Waals surface area contributed by atoms with Crippen LogP contribution in [0.3, 0.4) is 0 Å². The van der Waals surface area contributed by atoms with Gasteiger partial charge in [0, 0.05) is 32.1 Å². The van der Waals surface area contributed by atoms with Gasteiger partial charge in [-0.25, -0.2) is 12.7 Å². The first-order valence-corrected chi connectivity index (χ1v) is 11.4. The molecule has 0 aliphatic carbocycles. The summed E-state index contributed by atoms with van der Waals surface area (Å²) in [7, 11) is -3.78. The van der Waals surface area contributed by atoms with Crippen molar-refractivity contribution in [2.45, 2.75) is 40.7 Å². The van der Waals surface area contributed by atoms with Gasteiger partial charge in [-0.05, 0) is 17.4 Å². The average molecular weight is 398 g/mol. The van der Waals surface area contributed by atoms with E-state index in [1.807, 2.05) is 13.8 Å². The summed E-state index contributed by atoms with van der Waals surface area (Å²) in [5.74, 6) is -1.26. The average Bonchev–Trinajstić information content (AvgIpc) is 2.97. The molecule has 1 amide bonds. The van der Waals surface area contributed by atoms with Crippen molar-refractivity contribution in [3.63, 3.8) is 0 Å². The van der Waals surface area contributed by atoms with E-state index in [2.05, 4.69) is 31.0 Å². The van der Waals surface area contributed by atoms with Crippen LogP contribution in [0.4, 0.5) is 0 Å². The number of hydrogen-bond acceptors (Lipinski definition) is 6. The van der Waals surface area contributed by atoms with Crippen molar-refractivity contribution in [2.24, 2.45) is 22.7 Å². The number of likely N-dealkylation sites (tertiary alicyclic amines) is 1. The number of nitrogens with zero attached hydrogens (tertiary/aromatic N) is 2. The number of amides is 1. The molecule has 152 valence electrons. The van der Waals surface area contributed by atoms with Crippen molar-refractivity contribution >= 4 is 21.7 Å². The molecule has 7 nitrogen and oxygen atoms in total. The lowest BCUT2D eigenvalue weighted by Crippen LogP contribution is -2.62. The predicted octanol–water partition coefficient (Wildman–Crippen LogP) is 0.833. The van der Waals surface area contributed by atoms with Crippen molar-refractivity contribution in [3.05, 3.63) is 11.8 Å². The largest absolute Gasteiger partial charge is 0.304 e. The predicted molar refractivity (Wildman–Crippen MR) is 103 cm³/mol. The molecule has 2 fully saturated rings. The third kappa shape index (κ3) is 3.15. The molecule has 2 atom stereocenters. The van der Waals surface area contributed by atoms with Crippen LogP contribution < -0.4 is 5.32 Å². The minimum absolute atomic E-state index is 0.121. The van der Waals surface area contributed by atoms with E-state index in [0.29, 0.717) is 25.3 Å². The first-order chi connectivity index (χ1) is 12.3. The van der Waals surface area contributed by atoms with Crippen molar-refractivity contribution < 1.29 is 18.0 Å². The van der Waals surface area contributed by atoms with Crippen LogP contribution in [0.2, 0.25) is 0 Å². The fraction of sp³-hybridized carbons (Fsp3) is 0.789. The minimum atomic E-state index is -3.78. The Morgan fingerprint density at radius 1 is 1.33 bits per heavy atom. The Morgan fingerprint density at radius 2 is 1.93 bits per heavy atom. The second-order valence-corrected chi connectivity index (χ2v) is 11.5. The van der Waals surface area contributed by atoms with Crippen molar-refractivity contribution in [1.29, 1.82) is 0 Å². The zero-order valence-corrected chi connectivity index (χ0v) is 17.9. The zero-order valence-electron chi connectivity index (χ0n) is 17.1. The molecule has 3 rings (SSSR count). The summed E-state index contributed by atoms with van der Waals surface area (Å²) in [6.45, 7) is 12.7. The molecule has 27 heavy (non-hydrogen) atoms. The number of carbonyl (C=O) groups excluding carboxylic acids is 2. The summed E-state index contributed by atoms with van der Waals surface area (Å²) in [4.78, 5) is 29.2. The van der Waals surface area contributed by atoms with Crippen LogP contribution in [-0.2, 0) is 19.6 Å².